The van der Waals surface area contributed by atoms with Gasteiger partial charge in [-0.2, -0.15) is 0 Å². The summed E-state index contributed by atoms with van der Waals surface area (Å²) >= 11 is 7.77. The Morgan fingerprint density at radius 1 is 1.09 bits per heavy atom. The van der Waals surface area contributed by atoms with Crippen molar-refractivity contribution in [2.45, 2.75) is 13.0 Å². The Kier molecular flexibility index (Phi) is 8.60. The summed E-state index contributed by atoms with van der Waals surface area (Å²) < 4.78 is 18.9. The van der Waals surface area contributed by atoms with Crippen molar-refractivity contribution < 1.29 is 19.0 Å². The van der Waals surface area contributed by atoms with Gasteiger partial charge in [-0.25, -0.2) is 9.97 Å². The average Bonchev–Trinajstić information content (AvgIpc) is 3.52. The fourth-order valence-corrected chi connectivity index (χ4v) is 4.74. The van der Waals surface area contributed by atoms with Crippen LogP contribution in [0.25, 0.3) is 10.2 Å². The zero-order chi connectivity index (χ0) is 23.4. The maximum atomic E-state index is 13.6. The van der Waals surface area contributed by atoms with Crippen molar-refractivity contribution in [1.82, 2.24) is 14.5 Å². The van der Waals surface area contributed by atoms with Crippen LogP contribution >= 0.6 is 35.3 Å². The third-order valence-electron chi connectivity index (χ3n) is 5.13. The second-order valence-electron chi connectivity index (χ2n) is 7.10. The summed E-state index contributed by atoms with van der Waals surface area (Å²) in [7, 11) is 4.68. The van der Waals surface area contributed by atoms with Gasteiger partial charge < -0.3 is 18.8 Å². The first-order valence-corrected chi connectivity index (χ1v) is 11.4. The molecule has 0 radical (unpaired) electrons. The molecule has 0 aliphatic heterocycles. The first-order chi connectivity index (χ1) is 16.0. The number of benzene rings is 2. The molecule has 0 saturated carbocycles. The van der Waals surface area contributed by atoms with Crippen molar-refractivity contribution >= 4 is 56.6 Å². The molecule has 11 heteroatoms. The first kappa shape index (κ1) is 25.6. The molecule has 2 aromatic heterocycles. The minimum absolute atomic E-state index is 0. The minimum atomic E-state index is -0.198. The number of thiazole rings is 1. The lowest BCUT2D eigenvalue weighted by atomic mass is 10.1. The highest BCUT2D eigenvalue weighted by atomic mass is 35.5. The van der Waals surface area contributed by atoms with Crippen molar-refractivity contribution in [3.8, 4) is 17.2 Å². The molecule has 0 unspecified atom stereocenters. The topological polar surface area (TPSA) is 78.7 Å². The molecule has 0 atom stereocenters. The van der Waals surface area contributed by atoms with Crippen molar-refractivity contribution in [1.29, 1.82) is 0 Å². The summed E-state index contributed by atoms with van der Waals surface area (Å²) in [6, 6.07) is 8.64. The molecule has 4 rings (SSSR count). The molecule has 180 valence electrons. The van der Waals surface area contributed by atoms with Crippen LogP contribution in [-0.2, 0) is 6.54 Å². The van der Waals surface area contributed by atoms with Gasteiger partial charge in [0, 0.05) is 31.0 Å². The maximum Gasteiger partial charge on any atom is 0.260 e. The quantitative estimate of drug-likeness (QED) is 0.295. The van der Waals surface area contributed by atoms with Crippen LogP contribution in [0, 0.1) is 0 Å². The van der Waals surface area contributed by atoms with Gasteiger partial charge in [0.2, 0.25) is 0 Å². The van der Waals surface area contributed by atoms with E-state index in [1.165, 1.54) is 18.4 Å². The SMILES string of the molecule is COc1ccc(C(=O)N(CCCn2ccnc2)c2nc3c(OC)ccc(Cl)c3s2)cc1OC.Cl. The first-order valence-electron chi connectivity index (χ1n) is 10.2. The van der Waals surface area contributed by atoms with Gasteiger partial charge in [-0.1, -0.05) is 22.9 Å². The van der Waals surface area contributed by atoms with E-state index in [1.54, 1.807) is 62.0 Å². The Balaban J connectivity index is 0.00000324. The molecule has 34 heavy (non-hydrogen) atoms. The van der Waals surface area contributed by atoms with Crippen LogP contribution in [0.4, 0.5) is 5.13 Å². The highest BCUT2D eigenvalue weighted by Crippen LogP contribution is 2.39. The molecule has 0 bridgehead atoms. The van der Waals surface area contributed by atoms with E-state index in [9.17, 15) is 4.79 Å². The summed E-state index contributed by atoms with van der Waals surface area (Å²) in [5.74, 6) is 1.44. The second-order valence-corrected chi connectivity index (χ2v) is 8.49. The Morgan fingerprint density at radius 3 is 2.50 bits per heavy atom. The molecule has 0 saturated heterocycles. The number of hydrogen-bond acceptors (Lipinski definition) is 7. The molecule has 0 aliphatic rings. The Hall–Kier alpha value is -3.01. The number of aromatic nitrogens is 3. The molecule has 2 heterocycles. The van der Waals surface area contributed by atoms with E-state index in [2.05, 4.69) is 4.98 Å². The summed E-state index contributed by atoms with van der Waals surface area (Å²) in [4.78, 5) is 24.1. The Morgan fingerprint density at radius 2 is 1.82 bits per heavy atom. The van der Waals surface area contributed by atoms with Crippen molar-refractivity contribution in [3.63, 3.8) is 0 Å². The van der Waals surface area contributed by atoms with Crippen LogP contribution in [0.5, 0.6) is 17.2 Å². The summed E-state index contributed by atoms with van der Waals surface area (Å²) in [6.07, 6.45) is 6.08. The number of methoxy groups -OCH3 is 3. The number of fused-ring (bicyclic) bond motifs is 1. The molecule has 0 spiro atoms. The fraction of sp³-hybridized carbons (Fsp3) is 0.261. The number of imidazole rings is 1. The molecular formula is C23H24Cl2N4O4S. The minimum Gasteiger partial charge on any atom is -0.494 e. The summed E-state index contributed by atoms with van der Waals surface area (Å²) in [5, 5.41) is 1.10. The van der Waals surface area contributed by atoms with Gasteiger partial charge in [0.25, 0.3) is 5.91 Å². The van der Waals surface area contributed by atoms with Crippen LogP contribution in [0.15, 0.2) is 49.1 Å². The number of carbonyl (C=O) groups excluding carboxylic acids is 1. The van der Waals surface area contributed by atoms with Gasteiger partial charge in [-0.05, 0) is 36.8 Å². The molecule has 8 nitrogen and oxygen atoms in total. The van der Waals surface area contributed by atoms with Crippen LogP contribution in [0.2, 0.25) is 5.02 Å². The number of hydrogen-bond donors (Lipinski definition) is 0. The van der Waals surface area contributed by atoms with E-state index >= 15 is 0 Å². The van der Waals surface area contributed by atoms with Gasteiger partial charge in [0.05, 0.1) is 37.4 Å². The molecule has 1 amide bonds. The predicted octanol–water partition coefficient (Wildman–Crippen LogP) is 5.33. The van der Waals surface area contributed by atoms with Crippen molar-refractivity contribution in [2.75, 3.05) is 32.8 Å². The lowest BCUT2D eigenvalue weighted by Gasteiger charge is -2.20. The summed E-state index contributed by atoms with van der Waals surface area (Å²) in [6.45, 7) is 1.16. The van der Waals surface area contributed by atoms with E-state index < -0.39 is 0 Å². The van der Waals surface area contributed by atoms with Gasteiger partial charge in [-0.3, -0.25) is 9.69 Å². The molecule has 0 fully saturated rings. The normalized spacial score (nSPS) is 10.6. The highest BCUT2D eigenvalue weighted by molar-refractivity contribution is 7.23. The van der Waals surface area contributed by atoms with Gasteiger partial charge in [0.1, 0.15) is 11.3 Å². The molecule has 2 aromatic carbocycles. The fourth-order valence-electron chi connectivity index (χ4n) is 3.46. The summed E-state index contributed by atoms with van der Waals surface area (Å²) in [5.41, 5.74) is 1.09. The lowest BCUT2D eigenvalue weighted by Crippen LogP contribution is -2.32. The van der Waals surface area contributed by atoms with Crippen LogP contribution in [0.3, 0.4) is 0 Å². The zero-order valence-corrected chi connectivity index (χ0v) is 21.2. The van der Waals surface area contributed by atoms with Gasteiger partial charge >= 0.3 is 0 Å². The average molecular weight is 523 g/mol. The molecule has 0 aliphatic carbocycles. The monoisotopic (exact) mass is 522 g/mol. The van der Waals surface area contributed by atoms with Gasteiger partial charge in [0.15, 0.2) is 16.6 Å². The van der Waals surface area contributed by atoms with Crippen LogP contribution in [0.1, 0.15) is 16.8 Å². The molecular weight excluding hydrogens is 499 g/mol. The lowest BCUT2D eigenvalue weighted by molar-refractivity contribution is 0.0986. The maximum absolute atomic E-state index is 13.6. The van der Waals surface area contributed by atoms with E-state index in [1.807, 2.05) is 10.8 Å². The van der Waals surface area contributed by atoms with E-state index in [-0.39, 0.29) is 18.3 Å². The standard InChI is InChI=1S/C23H23ClN4O4S.ClH/c1-30-17-7-5-15(13-19(17)32-3)22(29)28(11-4-10-27-12-9-25-14-27)23-26-20-18(31-2)8-6-16(24)21(20)33-23;/h5-9,12-14H,4,10-11H2,1-3H3;1H. The molecule has 4 aromatic rings. The number of aryl methyl sites for hydroxylation is 1. The third-order valence-corrected chi connectivity index (χ3v) is 6.67. The van der Waals surface area contributed by atoms with Crippen molar-refractivity contribution in [2.24, 2.45) is 0 Å². The highest BCUT2D eigenvalue weighted by Gasteiger charge is 2.24. The van der Waals surface area contributed by atoms with E-state index in [0.29, 0.717) is 58.0 Å². The largest absolute Gasteiger partial charge is 0.494 e. The van der Waals surface area contributed by atoms with Gasteiger partial charge in [-0.15, -0.1) is 12.4 Å². The smallest absolute Gasteiger partial charge is 0.260 e. The number of rotatable bonds is 9. The number of anilines is 1. The molecule has 0 N–H and O–H groups in total. The van der Waals surface area contributed by atoms with E-state index in [4.69, 9.17) is 30.8 Å². The van der Waals surface area contributed by atoms with Crippen LogP contribution < -0.4 is 19.1 Å². The Bertz CT molecular complexity index is 1260. The number of carbonyl (C=O) groups is 1. The van der Waals surface area contributed by atoms with E-state index in [0.717, 1.165) is 4.70 Å². The zero-order valence-electron chi connectivity index (χ0n) is 18.9. The van der Waals surface area contributed by atoms with Crippen molar-refractivity contribution in [3.05, 3.63) is 59.6 Å². The second kappa shape index (κ2) is 11.4. The Labute approximate surface area is 212 Å². The van der Waals surface area contributed by atoms with Crippen LogP contribution in [-0.4, -0.2) is 48.3 Å². The number of ether oxygens (including phenoxy) is 3. The number of halogens is 2. The number of nitrogens with zero attached hydrogens (tertiary/aromatic N) is 4. The third kappa shape index (κ3) is 5.22. The number of amides is 1. The predicted molar refractivity (Wildman–Crippen MR) is 136 cm³/mol.